The number of rotatable bonds is 6. The number of aromatic nitrogens is 1. The van der Waals surface area contributed by atoms with Gasteiger partial charge in [-0.2, -0.15) is 0 Å². The van der Waals surface area contributed by atoms with Gasteiger partial charge in [-0.3, -0.25) is 9.59 Å². The molecule has 0 saturated heterocycles. The van der Waals surface area contributed by atoms with Crippen LogP contribution in [0.3, 0.4) is 0 Å². The first-order valence-corrected chi connectivity index (χ1v) is 11.2. The van der Waals surface area contributed by atoms with Crippen LogP contribution in [0.25, 0.3) is 10.9 Å². The molecule has 1 aliphatic rings. The van der Waals surface area contributed by atoms with E-state index in [-0.39, 0.29) is 17.6 Å². The maximum absolute atomic E-state index is 12.9. The average Bonchev–Trinajstić information content (AvgIpc) is 3.26. The molecule has 160 valence electrons. The maximum Gasteiger partial charge on any atom is 0.251 e. The van der Waals surface area contributed by atoms with E-state index in [1.807, 2.05) is 24.3 Å². The van der Waals surface area contributed by atoms with Crippen molar-refractivity contribution in [2.45, 2.75) is 44.2 Å². The highest BCUT2D eigenvalue weighted by atomic mass is 35.5. The number of benzene rings is 2. The fourth-order valence-electron chi connectivity index (χ4n) is 3.95. The molecule has 31 heavy (non-hydrogen) atoms. The quantitative estimate of drug-likeness (QED) is 0.524. The Morgan fingerprint density at radius 1 is 1.16 bits per heavy atom. The molecule has 0 spiro atoms. The minimum atomic E-state index is -0.552. The predicted molar refractivity (Wildman–Crippen MR) is 127 cm³/mol. The first-order chi connectivity index (χ1) is 15.0. The Labute approximate surface area is 190 Å². The van der Waals surface area contributed by atoms with Crippen LogP contribution in [-0.4, -0.2) is 28.1 Å². The molecule has 2 N–H and O–H groups in total. The van der Waals surface area contributed by atoms with Crippen molar-refractivity contribution in [3.8, 4) is 0 Å². The molecule has 1 aliphatic carbocycles. The second kappa shape index (κ2) is 9.62. The molecule has 1 unspecified atom stereocenters. The molecule has 1 atom stereocenters. The second-order valence-corrected chi connectivity index (χ2v) is 8.62. The SMILES string of the molecule is O=C(NC(Cc1cc(=O)[nH]c2ccccc12)C(=S)OC1CCCC1)c1ccc(Cl)cc1. The van der Waals surface area contributed by atoms with E-state index >= 15 is 0 Å². The standard InChI is InChI=1S/C24H23ClN2O3S/c25-17-11-9-15(10-12-17)23(29)27-21(24(31)30-18-5-1-2-6-18)13-16-14-22(28)26-20-8-4-3-7-19(16)20/h3-4,7-12,14,18,21H,1-2,5-6,13H2,(H,26,28)(H,27,29). The normalized spacial score (nSPS) is 15.0. The topological polar surface area (TPSA) is 71.2 Å². The number of fused-ring (bicyclic) bond motifs is 1. The molecule has 3 aromatic rings. The summed E-state index contributed by atoms with van der Waals surface area (Å²) in [5, 5.41) is 4.82. The van der Waals surface area contributed by atoms with Gasteiger partial charge in [-0.05, 0) is 73.8 Å². The van der Waals surface area contributed by atoms with Gasteiger partial charge in [0.15, 0.2) is 5.05 Å². The smallest absolute Gasteiger partial charge is 0.251 e. The first-order valence-electron chi connectivity index (χ1n) is 10.4. The number of nitrogens with one attached hydrogen (secondary N) is 2. The summed E-state index contributed by atoms with van der Waals surface area (Å²) in [4.78, 5) is 27.9. The minimum Gasteiger partial charge on any atom is -0.482 e. The molecule has 7 heteroatoms. The Morgan fingerprint density at radius 3 is 2.61 bits per heavy atom. The number of carbonyl (C=O) groups is 1. The minimum absolute atomic E-state index is 0.0818. The fraction of sp³-hybridized carbons (Fsp3) is 0.292. The number of hydrogen-bond donors (Lipinski definition) is 2. The van der Waals surface area contributed by atoms with Gasteiger partial charge in [0.2, 0.25) is 5.56 Å². The number of thiocarbonyl (C=S) groups is 1. The van der Waals surface area contributed by atoms with Crippen LogP contribution in [0.2, 0.25) is 5.02 Å². The van der Waals surface area contributed by atoms with E-state index in [0.717, 1.165) is 42.1 Å². The molecule has 4 rings (SSSR count). The van der Waals surface area contributed by atoms with Crippen molar-refractivity contribution in [2.24, 2.45) is 0 Å². The summed E-state index contributed by atoms with van der Waals surface area (Å²) in [6, 6.07) is 15.3. The second-order valence-electron chi connectivity index (χ2n) is 7.78. The number of ether oxygens (including phenoxy) is 1. The lowest BCUT2D eigenvalue weighted by Gasteiger charge is -2.23. The van der Waals surface area contributed by atoms with E-state index in [0.29, 0.717) is 22.1 Å². The van der Waals surface area contributed by atoms with E-state index in [1.165, 1.54) is 0 Å². The van der Waals surface area contributed by atoms with Gasteiger partial charge in [0.05, 0.1) is 6.10 Å². The van der Waals surface area contributed by atoms with Crippen LogP contribution in [-0.2, 0) is 11.2 Å². The molecular weight excluding hydrogens is 432 g/mol. The zero-order valence-corrected chi connectivity index (χ0v) is 18.5. The highest BCUT2D eigenvalue weighted by Gasteiger charge is 2.25. The van der Waals surface area contributed by atoms with Crippen LogP contribution in [0.1, 0.15) is 41.6 Å². The summed E-state index contributed by atoms with van der Waals surface area (Å²) < 4.78 is 6.05. The molecule has 1 saturated carbocycles. The monoisotopic (exact) mass is 454 g/mol. The average molecular weight is 455 g/mol. The van der Waals surface area contributed by atoms with Gasteiger partial charge < -0.3 is 15.0 Å². The molecule has 1 amide bonds. The molecule has 0 bridgehead atoms. The van der Waals surface area contributed by atoms with E-state index < -0.39 is 6.04 Å². The summed E-state index contributed by atoms with van der Waals surface area (Å²) >= 11 is 11.6. The number of amides is 1. The highest BCUT2D eigenvalue weighted by Crippen LogP contribution is 2.23. The number of H-pyrrole nitrogens is 1. The van der Waals surface area contributed by atoms with Crippen LogP contribution in [0.5, 0.6) is 0 Å². The summed E-state index contributed by atoms with van der Waals surface area (Å²) in [6.07, 6.45) is 4.60. The van der Waals surface area contributed by atoms with Gasteiger partial charge in [0, 0.05) is 34.0 Å². The van der Waals surface area contributed by atoms with Crippen LogP contribution >= 0.6 is 23.8 Å². The molecule has 1 aromatic heterocycles. The summed E-state index contributed by atoms with van der Waals surface area (Å²) in [5.74, 6) is -0.270. The predicted octanol–water partition coefficient (Wildman–Crippen LogP) is 4.81. The van der Waals surface area contributed by atoms with Crippen molar-refractivity contribution < 1.29 is 9.53 Å². The zero-order chi connectivity index (χ0) is 21.8. The van der Waals surface area contributed by atoms with Crippen LogP contribution in [0.15, 0.2) is 59.4 Å². The molecule has 0 radical (unpaired) electrons. The highest BCUT2D eigenvalue weighted by molar-refractivity contribution is 7.80. The van der Waals surface area contributed by atoms with Gasteiger partial charge >= 0.3 is 0 Å². The molecular formula is C24H23ClN2O3S. The fourth-order valence-corrected chi connectivity index (χ4v) is 4.36. The van der Waals surface area contributed by atoms with Crippen molar-refractivity contribution in [2.75, 3.05) is 0 Å². The Morgan fingerprint density at radius 2 is 1.87 bits per heavy atom. The van der Waals surface area contributed by atoms with Gasteiger partial charge in [-0.15, -0.1) is 0 Å². The third-order valence-corrected chi connectivity index (χ3v) is 6.17. The summed E-state index contributed by atoms with van der Waals surface area (Å²) in [5.41, 5.74) is 1.83. The maximum atomic E-state index is 12.9. The Kier molecular flexibility index (Phi) is 6.68. The van der Waals surface area contributed by atoms with Gasteiger partial charge in [0.1, 0.15) is 6.04 Å². The van der Waals surface area contributed by atoms with Gasteiger partial charge in [-0.25, -0.2) is 0 Å². The van der Waals surface area contributed by atoms with Crippen LogP contribution in [0, 0.1) is 0 Å². The van der Waals surface area contributed by atoms with Crippen molar-refractivity contribution >= 4 is 45.7 Å². The van der Waals surface area contributed by atoms with E-state index in [1.54, 1.807) is 30.3 Å². The molecule has 0 aliphatic heterocycles. The Bertz CT molecular complexity index is 1150. The van der Waals surface area contributed by atoms with Crippen molar-refractivity contribution in [1.29, 1.82) is 0 Å². The van der Waals surface area contributed by atoms with Gasteiger partial charge in [-0.1, -0.05) is 29.8 Å². The van der Waals surface area contributed by atoms with Crippen LogP contribution < -0.4 is 10.9 Å². The molecule has 5 nitrogen and oxygen atoms in total. The van der Waals surface area contributed by atoms with Crippen LogP contribution in [0.4, 0.5) is 0 Å². The van der Waals surface area contributed by atoms with Crippen molar-refractivity contribution in [1.82, 2.24) is 10.3 Å². The molecule has 1 fully saturated rings. The van der Waals surface area contributed by atoms with E-state index in [4.69, 9.17) is 28.6 Å². The number of halogens is 1. The summed E-state index contributed by atoms with van der Waals surface area (Å²) in [6.45, 7) is 0. The third kappa shape index (κ3) is 5.32. The lowest BCUT2D eigenvalue weighted by atomic mass is 10.0. The molecule has 1 heterocycles. The van der Waals surface area contributed by atoms with Crippen molar-refractivity contribution in [3.63, 3.8) is 0 Å². The van der Waals surface area contributed by atoms with Crippen molar-refractivity contribution in [3.05, 3.63) is 81.1 Å². The zero-order valence-electron chi connectivity index (χ0n) is 16.9. The summed E-state index contributed by atoms with van der Waals surface area (Å²) in [7, 11) is 0. The lowest BCUT2D eigenvalue weighted by Crippen LogP contribution is -2.43. The number of pyridine rings is 1. The number of aromatic amines is 1. The largest absolute Gasteiger partial charge is 0.482 e. The van der Waals surface area contributed by atoms with E-state index in [9.17, 15) is 9.59 Å². The van der Waals surface area contributed by atoms with E-state index in [2.05, 4.69) is 10.3 Å². The number of hydrogen-bond acceptors (Lipinski definition) is 4. The number of carbonyl (C=O) groups excluding carboxylic acids is 1. The van der Waals surface area contributed by atoms with Gasteiger partial charge in [0.25, 0.3) is 5.91 Å². The number of para-hydroxylation sites is 1. The Balaban J connectivity index is 1.62. The lowest BCUT2D eigenvalue weighted by molar-refractivity contribution is 0.0938. The third-order valence-electron chi connectivity index (χ3n) is 5.54. The Hall–Kier alpha value is -2.70. The first kappa shape index (κ1) is 21.5. The molecule has 2 aromatic carbocycles.